The monoisotopic (exact) mass is 424 g/mol. The van der Waals surface area contributed by atoms with Gasteiger partial charge < -0.3 is 0 Å². The van der Waals surface area contributed by atoms with Crippen LogP contribution in [0.3, 0.4) is 0 Å². The maximum absolute atomic E-state index is 13.8. The predicted octanol–water partition coefficient (Wildman–Crippen LogP) is 5.56. The standard InChI is InChI=1S/C26H20N2O2S/c1-16-10-6-7-13-19(16)24-27-25-22(23(29)20-14-8-9-15-21(20)31-25)26(30)28(24)17(2)18-11-4-3-5-12-18/h3-15,17H,1-2H3. The van der Waals surface area contributed by atoms with Crippen LogP contribution in [-0.2, 0) is 0 Å². The molecule has 4 nitrogen and oxygen atoms in total. The van der Waals surface area contributed by atoms with Gasteiger partial charge in [0.05, 0.1) is 6.04 Å². The Morgan fingerprint density at radius 1 is 0.871 bits per heavy atom. The zero-order valence-electron chi connectivity index (χ0n) is 17.2. The summed E-state index contributed by atoms with van der Waals surface area (Å²) in [7, 11) is 0. The highest BCUT2D eigenvalue weighted by atomic mass is 32.1. The van der Waals surface area contributed by atoms with E-state index in [9.17, 15) is 9.59 Å². The Hall–Kier alpha value is -3.57. The van der Waals surface area contributed by atoms with Crippen LogP contribution in [0.5, 0.6) is 0 Å². The number of benzene rings is 3. The van der Waals surface area contributed by atoms with Crippen molar-refractivity contribution in [1.82, 2.24) is 9.55 Å². The SMILES string of the molecule is Cc1ccccc1-c1nc2sc3ccccc3c(=O)c2c(=O)n1C(C)c1ccccc1. The molecule has 0 aliphatic carbocycles. The van der Waals surface area contributed by atoms with Crippen LogP contribution in [0.15, 0.2) is 88.5 Å². The summed E-state index contributed by atoms with van der Waals surface area (Å²) in [6.07, 6.45) is 0. The van der Waals surface area contributed by atoms with Gasteiger partial charge in [-0.15, -0.1) is 11.3 Å². The first-order chi connectivity index (χ1) is 15.1. The maximum atomic E-state index is 13.8. The zero-order chi connectivity index (χ0) is 21.5. The van der Waals surface area contributed by atoms with Crippen LogP contribution in [-0.4, -0.2) is 9.55 Å². The summed E-state index contributed by atoms with van der Waals surface area (Å²) >= 11 is 1.39. The molecule has 1 atom stereocenters. The van der Waals surface area contributed by atoms with Crippen LogP contribution >= 0.6 is 11.3 Å². The van der Waals surface area contributed by atoms with E-state index >= 15 is 0 Å². The molecule has 5 aromatic rings. The molecule has 0 saturated carbocycles. The average Bonchev–Trinajstić information content (AvgIpc) is 2.79. The maximum Gasteiger partial charge on any atom is 0.267 e. The van der Waals surface area contributed by atoms with Gasteiger partial charge >= 0.3 is 0 Å². The lowest BCUT2D eigenvalue weighted by Gasteiger charge is -2.21. The van der Waals surface area contributed by atoms with Crippen molar-refractivity contribution in [2.75, 3.05) is 0 Å². The molecule has 0 radical (unpaired) electrons. The van der Waals surface area contributed by atoms with Gasteiger partial charge in [-0.1, -0.05) is 66.7 Å². The van der Waals surface area contributed by atoms with Crippen LogP contribution in [0, 0.1) is 6.92 Å². The van der Waals surface area contributed by atoms with Crippen molar-refractivity contribution >= 4 is 31.6 Å². The minimum atomic E-state index is -0.299. The number of rotatable bonds is 3. The Balaban J connectivity index is 1.94. The Morgan fingerprint density at radius 2 is 1.55 bits per heavy atom. The van der Waals surface area contributed by atoms with Gasteiger partial charge in [-0.25, -0.2) is 4.98 Å². The van der Waals surface area contributed by atoms with Crippen molar-refractivity contribution in [3.63, 3.8) is 0 Å². The Bertz CT molecular complexity index is 1550. The Labute approximate surface area is 183 Å². The summed E-state index contributed by atoms with van der Waals surface area (Å²) in [5.74, 6) is 0.581. The van der Waals surface area contributed by atoms with Gasteiger partial charge in [0.2, 0.25) is 5.43 Å². The van der Waals surface area contributed by atoms with Gasteiger partial charge in [0.25, 0.3) is 5.56 Å². The number of fused-ring (bicyclic) bond motifs is 2. The highest BCUT2D eigenvalue weighted by molar-refractivity contribution is 7.24. The van der Waals surface area contributed by atoms with Crippen molar-refractivity contribution in [3.8, 4) is 11.4 Å². The molecular weight excluding hydrogens is 404 g/mol. The molecule has 0 fully saturated rings. The molecule has 0 spiro atoms. The molecule has 1 unspecified atom stereocenters. The van der Waals surface area contributed by atoms with E-state index in [1.54, 1.807) is 10.6 Å². The summed E-state index contributed by atoms with van der Waals surface area (Å²) in [4.78, 5) is 32.5. The van der Waals surface area contributed by atoms with Gasteiger partial charge in [0.15, 0.2) is 0 Å². The van der Waals surface area contributed by atoms with Gasteiger partial charge in [0.1, 0.15) is 16.0 Å². The van der Waals surface area contributed by atoms with Crippen molar-refractivity contribution in [1.29, 1.82) is 0 Å². The van der Waals surface area contributed by atoms with E-state index in [0.29, 0.717) is 16.0 Å². The third kappa shape index (κ3) is 3.18. The topological polar surface area (TPSA) is 52.0 Å². The van der Waals surface area contributed by atoms with Crippen molar-refractivity contribution in [2.45, 2.75) is 19.9 Å². The van der Waals surface area contributed by atoms with E-state index in [1.807, 2.05) is 86.6 Å². The van der Waals surface area contributed by atoms with E-state index in [0.717, 1.165) is 21.4 Å². The van der Waals surface area contributed by atoms with E-state index < -0.39 is 0 Å². The fourth-order valence-corrected chi connectivity index (χ4v) is 5.06. The van der Waals surface area contributed by atoms with Crippen molar-refractivity contribution < 1.29 is 0 Å². The fourth-order valence-electron chi connectivity index (χ4n) is 4.02. The molecule has 5 heteroatoms. The normalized spacial score (nSPS) is 12.3. The first kappa shape index (κ1) is 19.4. The van der Waals surface area contributed by atoms with Gasteiger partial charge in [-0.2, -0.15) is 0 Å². The lowest BCUT2D eigenvalue weighted by atomic mass is 10.0. The quantitative estimate of drug-likeness (QED) is 0.357. The molecule has 5 rings (SSSR count). The lowest BCUT2D eigenvalue weighted by molar-refractivity contribution is 0.617. The van der Waals surface area contributed by atoms with Gasteiger partial charge in [-0.05, 0) is 37.1 Å². The van der Waals surface area contributed by atoms with E-state index in [1.165, 1.54) is 11.3 Å². The second-order valence-corrected chi connectivity index (χ2v) is 8.65. The largest absolute Gasteiger partial charge is 0.288 e. The lowest BCUT2D eigenvalue weighted by Crippen LogP contribution is -2.30. The number of hydrogen-bond donors (Lipinski definition) is 0. The molecule has 2 heterocycles. The molecule has 0 N–H and O–H groups in total. The molecule has 152 valence electrons. The minimum Gasteiger partial charge on any atom is -0.288 e. The Kier molecular flexibility index (Phi) is 4.75. The molecule has 0 amide bonds. The number of aryl methyl sites for hydroxylation is 1. The average molecular weight is 425 g/mol. The van der Waals surface area contributed by atoms with Crippen LogP contribution in [0.1, 0.15) is 24.1 Å². The minimum absolute atomic E-state index is 0.156. The fraction of sp³-hybridized carbons (Fsp3) is 0.115. The summed E-state index contributed by atoms with van der Waals surface area (Å²) in [5, 5.41) is 0.713. The number of hydrogen-bond acceptors (Lipinski definition) is 4. The second kappa shape index (κ2) is 7.60. The first-order valence-electron chi connectivity index (χ1n) is 10.2. The first-order valence-corrected chi connectivity index (χ1v) is 11.0. The Morgan fingerprint density at radius 3 is 2.32 bits per heavy atom. The molecule has 2 aromatic heterocycles. The summed E-state index contributed by atoms with van der Waals surface area (Å²) in [6.45, 7) is 3.98. The summed E-state index contributed by atoms with van der Waals surface area (Å²) in [5.41, 5.74) is 2.34. The van der Waals surface area contributed by atoms with E-state index in [4.69, 9.17) is 4.98 Å². The third-order valence-corrected chi connectivity index (χ3v) is 6.77. The molecule has 3 aromatic carbocycles. The number of aromatic nitrogens is 2. The van der Waals surface area contributed by atoms with Crippen molar-refractivity contribution in [3.05, 3.63) is 111 Å². The molecular formula is C26H20N2O2S. The predicted molar refractivity (Wildman–Crippen MR) is 128 cm³/mol. The van der Waals surface area contributed by atoms with E-state index in [-0.39, 0.29) is 22.4 Å². The molecule has 0 saturated heterocycles. The summed E-state index contributed by atoms with van der Waals surface area (Å²) < 4.78 is 2.50. The van der Waals surface area contributed by atoms with Crippen LogP contribution in [0.25, 0.3) is 31.7 Å². The van der Waals surface area contributed by atoms with Gasteiger partial charge in [0, 0.05) is 15.6 Å². The molecule has 0 bridgehead atoms. The highest BCUT2D eigenvalue weighted by Gasteiger charge is 2.22. The zero-order valence-corrected chi connectivity index (χ0v) is 18.0. The number of nitrogens with zero attached hydrogens (tertiary/aromatic N) is 2. The summed E-state index contributed by atoms with van der Waals surface area (Å²) in [6, 6.07) is 24.8. The molecule has 0 aliphatic rings. The molecule has 31 heavy (non-hydrogen) atoms. The van der Waals surface area contributed by atoms with Crippen LogP contribution in [0.2, 0.25) is 0 Å². The smallest absolute Gasteiger partial charge is 0.267 e. The van der Waals surface area contributed by atoms with Crippen LogP contribution < -0.4 is 11.0 Å². The third-order valence-electron chi connectivity index (χ3n) is 5.70. The van der Waals surface area contributed by atoms with Crippen LogP contribution in [0.4, 0.5) is 0 Å². The second-order valence-electron chi connectivity index (χ2n) is 7.62. The highest BCUT2D eigenvalue weighted by Crippen LogP contribution is 2.29. The molecule has 0 aliphatic heterocycles. The van der Waals surface area contributed by atoms with Gasteiger partial charge in [-0.3, -0.25) is 14.2 Å². The van der Waals surface area contributed by atoms with Crippen molar-refractivity contribution in [2.24, 2.45) is 0 Å². The van der Waals surface area contributed by atoms with E-state index in [2.05, 4.69) is 0 Å².